The van der Waals surface area contributed by atoms with E-state index in [0.717, 1.165) is 12.8 Å². The van der Waals surface area contributed by atoms with Crippen LogP contribution in [0.2, 0.25) is 0 Å². The smallest absolute Gasteiger partial charge is 0.407 e. The Hall–Kier alpha value is -1.59. The Morgan fingerprint density at radius 2 is 1.92 bits per heavy atom. The third kappa shape index (κ3) is 6.01. The van der Waals surface area contributed by atoms with Crippen molar-refractivity contribution < 1.29 is 9.53 Å². The first-order valence-electron chi connectivity index (χ1n) is 9.23. The van der Waals surface area contributed by atoms with Gasteiger partial charge >= 0.3 is 6.09 Å². The van der Waals surface area contributed by atoms with Gasteiger partial charge < -0.3 is 21.1 Å². The Balaban J connectivity index is 1.98. The molecule has 0 saturated carbocycles. The van der Waals surface area contributed by atoms with E-state index in [4.69, 9.17) is 10.5 Å². The molecule has 3 unspecified atom stereocenters. The van der Waals surface area contributed by atoms with E-state index in [-0.39, 0.29) is 24.2 Å². The van der Waals surface area contributed by atoms with Crippen LogP contribution >= 0.6 is 0 Å². The van der Waals surface area contributed by atoms with Crippen molar-refractivity contribution in [2.75, 3.05) is 6.54 Å². The molecule has 5 heteroatoms. The van der Waals surface area contributed by atoms with Crippen molar-refractivity contribution in [3.05, 3.63) is 35.4 Å². The molecule has 1 aromatic carbocycles. The highest BCUT2D eigenvalue weighted by Crippen LogP contribution is 2.37. The fraction of sp³-hybridized carbons (Fsp3) is 0.650. The Labute approximate surface area is 151 Å². The number of nitrogens with one attached hydrogen (secondary N) is 2. The predicted octanol–water partition coefficient (Wildman–Crippen LogP) is 3.66. The van der Waals surface area contributed by atoms with Crippen LogP contribution in [0, 0.1) is 5.92 Å². The van der Waals surface area contributed by atoms with Gasteiger partial charge in [0.1, 0.15) is 5.60 Å². The van der Waals surface area contributed by atoms with E-state index >= 15 is 0 Å². The summed E-state index contributed by atoms with van der Waals surface area (Å²) in [5, 5.41) is 6.60. The Morgan fingerprint density at radius 1 is 1.28 bits per heavy atom. The van der Waals surface area contributed by atoms with E-state index in [2.05, 4.69) is 42.7 Å². The molecule has 0 aromatic heterocycles. The molecule has 140 valence electrons. The fourth-order valence-electron chi connectivity index (χ4n) is 3.42. The van der Waals surface area contributed by atoms with Crippen LogP contribution < -0.4 is 16.4 Å². The van der Waals surface area contributed by atoms with Crippen LogP contribution in [-0.2, 0) is 4.74 Å². The summed E-state index contributed by atoms with van der Waals surface area (Å²) in [4.78, 5) is 12.0. The second kappa shape index (κ2) is 8.19. The number of benzene rings is 1. The maximum Gasteiger partial charge on any atom is 0.407 e. The molecule has 0 radical (unpaired) electrons. The number of amides is 1. The first-order valence-corrected chi connectivity index (χ1v) is 9.23. The number of fused-ring (bicyclic) bond motifs is 1. The maximum absolute atomic E-state index is 12.0. The Kier molecular flexibility index (Phi) is 6.47. The van der Waals surface area contributed by atoms with Gasteiger partial charge in [0.2, 0.25) is 0 Å². The molecule has 1 aliphatic carbocycles. The quantitative estimate of drug-likeness (QED) is 0.734. The van der Waals surface area contributed by atoms with Crippen molar-refractivity contribution in [3.63, 3.8) is 0 Å². The van der Waals surface area contributed by atoms with Gasteiger partial charge in [-0.2, -0.15) is 0 Å². The molecular formula is C20H33N3O2. The van der Waals surface area contributed by atoms with Gasteiger partial charge in [0.15, 0.2) is 0 Å². The second-order valence-corrected chi connectivity index (χ2v) is 8.40. The summed E-state index contributed by atoms with van der Waals surface area (Å²) in [5.74, 6) is 0.531. The summed E-state index contributed by atoms with van der Waals surface area (Å²) in [7, 11) is 0. The first-order chi connectivity index (χ1) is 11.7. The number of rotatable bonds is 6. The van der Waals surface area contributed by atoms with Gasteiger partial charge in [0.05, 0.1) is 0 Å². The van der Waals surface area contributed by atoms with Crippen molar-refractivity contribution in [1.29, 1.82) is 0 Å². The van der Waals surface area contributed by atoms with Gasteiger partial charge in [0.25, 0.3) is 0 Å². The molecule has 5 nitrogen and oxygen atoms in total. The van der Waals surface area contributed by atoms with Gasteiger partial charge in [-0.25, -0.2) is 4.79 Å². The summed E-state index contributed by atoms with van der Waals surface area (Å²) in [5.41, 5.74) is 8.30. The molecule has 1 amide bonds. The zero-order valence-electron chi connectivity index (χ0n) is 16.1. The third-order valence-electron chi connectivity index (χ3n) is 4.35. The van der Waals surface area contributed by atoms with Crippen molar-refractivity contribution in [2.45, 2.75) is 71.2 Å². The number of carbonyl (C=O) groups is 1. The van der Waals surface area contributed by atoms with Gasteiger partial charge in [-0.1, -0.05) is 38.1 Å². The Bertz CT molecular complexity index is 581. The summed E-state index contributed by atoms with van der Waals surface area (Å²) >= 11 is 0. The molecular weight excluding hydrogens is 314 g/mol. The molecule has 0 bridgehead atoms. The standard InChI is InChI=1S/C20H33N3O2/c1-13(2)10-14(12-22-19(24)25-20(3,4)5)23-18-11-17(21)15-8-6-7-9-16(15)18/h6-9,13-14,17-18,23H,10-12,21H2,1-5H3,(H,22,24). The zero-order chi connectivity index (χ0) is 18.6. The second-order valence-electron chi connectivity index (χ2n) is 8.40. The van der Waals surface area contributed by atoms with Crippen molar-refractivity contribution in [2.24, 2.45) is 11.7 Å². The van der Waals surface area contributed by atoms with E-state index < -0.39 is 5.60 Å². The number of alkyl carbamates (subject to hydrolysis) is 1. The lowest BCUT2D eigenvalue weighted by Crippen LogP contribution is -2.44. The zero-order valence-corrected chi connectivity index (χ0v) is 16.1. The number of hydrogen-bond acceptors (Lipinski definition) is 4. The summed E-state index contributed by atoms with van der Waals surface area (Å²) in [6.07, 6.45) is 1.50. The van der Waals surface area contributed by atoms with Crippen LogP contribution in [0.25, 0.3) is 0 Å². The lowest BCUT2D eigenvalue weighted by molar-refractivity contribution is 0.0520. The topological polar surface area (TPSA) is 76.4 Å². The highest BCUT2D eigenvalue weighted by atomic mass is 16.6. The van der Waals surface area contributed by atoms with Crippen molar-refractivity contribution in [3.8, 4) is 0 Å². The molecule has 0 spiro atoms. The van der Waals surface area contributed by atoms with Crippen LogP contribution in [0.1, 0.15) is 70.7 Å². The van der Waals surface area contributed by atoms with Crippen LogP contribution in [-0.4, -0.2) is 24.3 Å². The predicted molar refractivity (Wildman–Crippen MR) is 101 cm³/mol. The molecule has 1 aromatic rings. The van der Waals surface area contributed by atoms with E-state index in [1.807, 2.05) is 26.8 Å². The summed E-state index contributed by atoms with van der Waals surface area (Å²) in [6.45, 7) is 10.5. The summed E-state index contributed by atoms with van der Waals surface area (Å²) < 4.78 is 5.34. The number of hydrogen-bond donors (Lipinski definition) is 3. The Morgan fingerprint density at radius 3 is 2.52 bits per heavy atom. The van der Waals surface area contributed by atoms with Gasteiger partial charge in [0, 0.05) is 24.7 Å². The molecule has 0 fully saturated rings. The minimum absolute atomic E-state index is 0.0761. The van der Waals surface area contributed by atoms with E-state index in [1.165, 1.54) is 11.1 Å². The summed E-state index contributed by atoms with van der Waals surface area (Å²) in [6, 6.07) is 8.84. The normalized spacial score (nSPS) is 21.1. The third-order valence-corrected chi connectivity index (χ3v) is 4.35. The van der Waals surface area contributed by atoms with Crippen LogP contribution in [0.5, 0.6) is 0 Å². The molecule has 0 saturated heterocycles. The lowest BCUT2D eigenvalue weighted by atomic mass is 10.0. The van der Waals surface area contributed by atoms with Gasteiger partial charge in [-0.3, -0.25) is 0 Å². The molecule has 0 aliphatic heterocycles. The van der Waals surface area contributed by atoms with Gasteiger partial charge in [-0.15, -0.1) is 0 Å². The SMILES string of the molecule is CC(C)CC(CNC(=O)OC(C)(C)C)NC1CC(N)c2ccccc21. The first kappa shape index (κ1) is 19.7. The fourth-order valence-corrected chi connectivity index (χ4v) is 3.42. The average Bonchev–Trinajstić information content (AvgIpc) is 2.79. The van der Waals surface area contributed by atoms with Gasteiger partial charge in [-0.05, 0) is 50.7 Å². The lowest BCUT2D eigenvalue weighted by Gasteiger charge is -2.26. The number of ether oxygens (including phenoxy) is 1. The monoisotopic (exact) mass is 347 g/mol. The molecule has 25 heavy (non-hydrogen) atoms. The number of carbonyl (C=O) groups excluding carboxylic acids is 1. The van der Waals surface area contributed by atoms with Crippen LogP contribution in [0.4, 0.5) is 4.79 Å². The molecule has 4 N–H and O–H groups in total. The highest BCUT2D eigenvalue weighted by Gasteiger charge is 2.30. The van der Waals surface area contributed by atoms with E-state index in [0.29, 0.717) is 12.5 Å². The molecule has 2 rings (SSSR count). The minimum Gasteiger partial charge on any atom is -0.444 e. The minimum atomic E-state index is -0.484. The van der Waals surface area contributed by atoms with E-state index in [1.54, 1.807) is 0 Å². The van der Waals surface area contributed by atoms with Crippen LogP contribution in [0.3, 0.4) is 0 Å². The van der Waals surface area contributed by atoms with Crippen molar-refractivity contribution in [1.82, 2.24) is 10.6 Å². The van der Waals surface area contributed by atoms with Crippen molar-refractivity contribution >= 4 is 6.09 Å². The highest BCUT2D eigenvalue weighted by molar-refractivity contribution is 5.67. The largest absolute Gasteiger partial charge is 0.444 e. The molecule has 1 aliphatic rings. The van der Waals surface area contributed by atoms with Crippen LogP contribution in [0.15, 0.2) is 24.3 Å². The molecule has 0 heterocycles. The van der Waals surface area contributed by atoms with E-state index in [9.17, 15) is 4.79 Å². The average molecular weight is 348 g/mol. The maximum atomic E-state index is 12.0. The number of nitrogens with two attached hydrogens (primary N) is 1. The molecule has 3 atom stereocenters.